The summed E-state index contributed by atoms with van der Waals surface area (Å²) in [5, 5.41) is 8.77. The zero-order valence-corrected chi connectivity index (χ0v) is 12.5. The van der Waals surface area contributed by atoms with E-state index in [0.717, 1.165) is 0 Å². The van der Waals surface area contributed by atoms with Crippen LogP contribution >= 0.6 is 0 Å². The lowest BCUT2D eigenvalue weighted by Crippen LogP contribution is -2.56. The quantitative estimate of drug-likeness (QED) is 0.754. The molecule has 1 aliphatic heterocycles. The molecule has 0 aliphatic carbocycles. The first-order chi connectivity index (χ1) is 8.52. The average Bonchev–Trinajstić information content (AvgIpc) is 2.11. The fourth-order valence-corrected chi connectivity index (χ4v) is 3.87. The number of nitrogens with zero attached hydrogens (tertiary/aromatic N) is 1. The van der Waals surface area contributed by atoms with Crippen LogP contribution in [-0.2, 0) is 19.7 Å². The summed E-state index contributed by atoms with van der Waals surface area (Å²) in [6, 6.07) is 0. The summed E-state index contributed by atoms with van der Waals surface area (Å²) in [5.41, 5.74) is -1.03. The number of nitrogens with one attached hydrogen (secondary N) is 1. The second-order valence-electron chi connectivity index (χ2n) is 5.64. The van der Waals surface area contributed by atoms with Crippen LogP contribution in [0, 0.1) is 0 Å². The average molecular weight is 294 g/mol. The number of hydrogen-bond acceptors (Lipinski definition) is 4. The van der Waals surface area contributed by atoms with Crippen LogP contribution in [0.3, 0.4) is 0 Å². The highest BCUT2D eigenvalue weighted by molar-refractivity contribution is 7.87. The van der Waals surface area contributed by atoms with Crippen molar-refractivity contribution in [3.8, 4) is 0 Å². The van der Waals surface area contributed by atoms with Gasteiger partial charge in [-0.05, 0) is 27.7 Å². The number of carbonyl (C=O) groups is 1. The second kappa shape index (κ2) is 5.74. The van der Waals surface area contributed by atoms with Crippen LogP contribution in [0.25, 0.3) is 0 Å². The number of ether oxygens (including phenoxy) is 1. The number of carboxylic acids is 1. The fraction of sp³-hybridized carbons (Fsp3) is 0.909. The molecule has 1 aliphatic rings. The molecule has 1 heterocycles. The lowest BCUT2D eigenvalue weighted by Gasteiger charge is -2.36. The van der Waals surface area contributed by atoms with Crippen LogP contribution in [0.2, 0.25) is 0 Å². The van der Waals surface area contributed by atoms with E-state index in [4.69, 9.17) is 9.84 Å². The minimum atomic E-state index is -3.71. The third-order valence-corrected chi connectivity index (χ3v) is 4.51. The zero-order chi connectivity index (χ0) is 14.8. The highest BCUT2D eigenvalue weighted by atomic mass is 32.2. The molecule has 112 valence electrons. The number of morpholine rings is 1. The maximum atomic E-state index is 12.2. The van der Waals surface area contributed by atoms with Crippen molar-refractivity contribution >= 4 is 16.2 Å². The van der Waals surface area contributed by atoms with Gasteiger partial charge in [0.05, 0.1) is 18.6 Å². The SMILES string of the molecule is CC1CN(S(=O)(=O)NC(C)(C)CC(=O)O)CC(C)O1. The molecule has 0 aromatic carbocycles. The van der Waals surface area contributed by atoms with Crippen molar-refractivity contribution in [2.24, 2.45) is 0 Å². The van der Waals surface area contributed by atoms with E-state index in [1.165, 1.54) is 4.31 Å². The van der Waals surface area contributed by atoms with Gasteiger partial charge in [-0.3, -0.25) is 4.79 Å². The summed E-state index contributed by atoms with van der Waals surface area (Å²) in [6.07, 6.45) is -0.632. The zero-order valence-electron chi connectivity index (χ0n) is 11.7. The van der Waals surface area contributed by atoms with Crippen LogP contribution in [0.5, 0.6) is 0 Å². The van der Waals surface area contributed by atoms with Crippen molar-refractivity contribution in [1.82, 2.24) is 9.03 Å². The Hall–Kier alpha value is -0.700. The van der Waals surface area contributed by atoms with E-state index in [9.17, 15) is 13.2 Å². The fourth-order valence-electron chi connectivity index (χ4n) is 2.15. The Labute approximate surface area is 114 Å². The van der Waals surface area contributed by atoms with Crippen molar-refractivity contribution in [1.29, 1.82) is 0 Å². The summed E-state index contributed by atoms with van der Waals surface area (Å²) in [7, 11) is -3.71. The molecule has 0 amide bonds. The predicted octanol–water partition coefficient (Wildman–Crippen LogP) is 0.183. The molecule has 0 aromatic rings. The van der Waals surface area contributed by atoms with E-state index < -0.39 is 21.7 Å². The van der Waals surface area contributed by atoms with Gasteiger partial charge in [-0.15, -0.1) is 0 Å². The van der Waals surface area contributed by atoms with E-state index >= 15 is 0 Å². The first-order valence-corrected chi connectivity index (χ1v) is 7.62. The van der Waals surface area contributed by atoms with Crippen LogP contribution in [0.1, 0.15) is 34.1 Å². The number of aliphatic carboxylic acids is 1. The summed E-state index contributed by atoms with van der Waals surface area (Å²) >= 11 is 0. The van der Waals surface area contributed by atoms with Gasteiger partial charge in [0.1, 0.15) is 0 Å². The maximum Gasteiger partial charge on any atom is 0.305 e. The van der Waals surface area contributed by atoms with Gasteiger partial charge in [-0.2, -0.15) is 17.4 Å². The van der Waals surface area contributed by atoms with Gasteiger partial charge in [0, 0.05) is 18.6 Å². The molecule has 2 atom stereocenters. The number of hydrogen-bond donors (Lipinski definition) is 2. The van der Waals surface area contributed by atoms with Gasteiger partial charge in [-0.25, -0.2) is 0 Å². The lowest BCUT2D eigenvalue weighted by atomic mass is 10.0. The van der Waals surface area contributed by atoms with Crippen LogP contribution in [0.4, 0.5) is 0 Å². The van der Waals surface area contributed by atoms with E-state index in [0.29, 0.717) is 0 Å². The molecule has 1 saturated heterocycles. The highest BCUT2D eigenvalue weighted by Gasteiger charge is 2.35. The van der Waals surface area contributed by atoms with Crippen molar-refractivity contribution in [3.05, 3.63) is 0 Å². The molecule has 1 fully saturated rings. The lowest BCUT2D eigenvalue weighted by molar-refractivity contribution is -0.138. The van der Waals surface area contributed by atoms with E-state index in [1.807, 2.05) is 0 Å². The number of rotatable bonds is 5. The first-order valence-electron chi connectivity index (χ1n) is 6.18. The van der Waals surface area contributed by atoms with Crippen molar-refractivity contribution in [2.45, 2.75) is 51.9 Å². The monoisotopic (exact) mass is 294 g/mol. The molecule has 1 rings (SSSR count). The van der Waals surface area contributed by atoms with Crippen molar-refractivity contribution in [3.63, 3.8) is 0 Å². The standard InChI is InChI=1S/C11H22N2O5S/c1-8-6-13(7-9(2)18-8)19(16,17)12-11(3,4)5-10(14)15/h8-9,12H,5-7H2,1-4H3,(H,14,15). The molecule has 0 spiro atoms. The van der Waals surface area contributed by atoms with Gasteiger partial charge < -0.3 is 9.84 Å². The summed E-state index contributed by atoms with van der Waals surface area (Å²) in [5.74, 6) is -1.04. The minimum absolute atomic E-state index is 0.178. The van der Waals surface area contributed by atoms with Gasteiger partial charge in [0.2, 0.25) is 0 Å². The Morgan fingerprint density at radius 1 is 1.37 bits per heavy atom. The molecule has 0 aromatic heterocycles. The Kier molecular flexibility index (Phi) is 4.94. The largest absolute Gasteiger partial charge is 0.481 e. The third-order valence-electron chi connectivity index (χ3n) is 2.72. The Morgan fingerprint density at radius 3 is 2.26 bits per heavy atom. The van der Waals surface area contributed by atoms with E-state index in [1.54, 1.807) is 27.7 Å². The highest BCUT2D eigenvalue weighted by Crippen LogP contribution is 2.17. The molecular weight excluding hydrogens is 272 g/mol. The number of carboxylic acid groups (broad SMARTS) is 1. The van der Waals surface area contributed by atoms with E-state index in [2.05, 4.69) is 4.72 Å². The Balaban J connectivity index is 2.78. The molecule has 7 nitrogen and oxygen atoms in total. The topological polar surface area (TPSA) is 95.9 Å². The molecule has 0 bridgehead atoms. The summed E-state index contributed by atoms with van der Waals surface area (Å²) in [4.78, 5) is 10.7. The maximum absolute atomic E-state index is 12.2. The Morgan fingerprint density at radius 2 is 1.84 bits per heavy atom. The molecule has 0 radical (unpaired) electrons. The molecule has 0 saturated carbocycles. The normalized spacial score (nSPS) is 26.3. The Bertz CT molecular complexity index is 424. The summed E-state index contributed by atoms with van der Waals surface area (Å²) in [6.45, 7) is 7.24. The molecule has 2 unspecified atom stereocenters. The molecule has 8 heteroatoms. The minimum Gasteiger partial charge on any atom is -0.481 e. The smallest absolute Gasteiger partial charge is 0.305 e. The van der Waals surface area contributed by atoms with Crippen molar-refractivity contribution in [2.75, 3.05) is 13.1 Å². The molecule has 2 N–H and O–H groups in total. The second-order valence-corrected chi connectivity index (χ2v) is 7.31. The molecular formula is C11H22N2O5S. The van der Waals surface area contributed by atoms with Gasteiger partial charge >= 0.3 is 5.97 Å². The van der Waals surface area contributed by atoms with Crippen LogP contribution in [-0.4, -0.2) is 54.6 Å². The summed E-state index contributed by atoms with van der Waals surface area (Å²) < 4.78 is 33.7. The van der Waals surface area contributed by atoms with E-state index in [-0.39, 0.29) is 31.7 Å². The van der Waals surface area contributed by atoms with Crippen molar-refractivity contribution < 1.29 is 23.1 Å². The predicted molar refractivity (Wildman–Crippen MR) is 70.0 cm³/mol. The molecule has 19 heavy (non-hydrogen) atoms. The third kappa shape index (κ3) is 5.06. The van der Waals surface area contributed by atoms with Crippen LogP contribution in [0.15, 0.2) is 0 Å². The van der Waals surface area contributed by atoms with Gasteiger partial charge in [0.15, 0.2) is 0 Å². The van der Waals surface area contributed by atoms with Crippen LogP contribution < -0.4 is 4.72 Å². The first kappa shape index (κ1) is 16.4. The van der Waals surface area contributed by atoms with Gasteiger partial charge in [-0.1, -0.05) is 0 Å². The van der Waals surface area contributed by atoms with Gasteiger partial charge in [0.25, 0.3) is 10.2 Å².